The SMILES string of the molecule is COc1ccc2c(c1)CCN(Cc1csc(NC(=O)/C=C/c3cc(OC)c(OC)c(OC)c3)n1)C2. The maximum absolute atomic E-state index is 12.5. The summed E-state index contributed by atoms with van der Waals surface area (Å²) in [6.45, 7) is 2.56. The number of thiazole rings is 1. The molecule has 9 heteroatoms. The van der Waals surface area contributed by atoms with Gasteiger partial charge in [-0.25, -0.2) is 4.98 Å². The van der Waals surface area contributed by atoms with Gasteiger partial charge in [0, 0.05) is 31.1 Å². The number of ether oxygens (including phenoxy) is 4. The van der Waals surface area contributed by atoms with Gasteiger partial charge in [0.1, 0.15) is 5.75 Å². The van der Waals surface area contributed by atoms with E-state index < -0.39 is 0 Å². The number of rotatable bonds is 9. The van der Waals surface area contributed by atoms with Gasteiger partial charge in [0.2, 0.25) is 11.7 Å². The van der Waals surface area contributed by atoms with Crippen molar-refractivity contribution in [2.45, 2.75) is 19.5 Å². The Balaban J connectivity index is 1.35. The van der Waals surface area contributed by atoms with Crippen molar-refractivity contribution < 1.29 is 23.7 Å². The molecule has 0 saturated heterocycles. The van der Waals surface area contributed by atoms with Gasteiger partial charge < -0.3 is 18.9 Å². The molecule has 35 heavy (non-hydrogen) atoms. The van der Waals surface area contributed by atoms with Gasteiger partial charge in [0.25, 0.3) is 0 Å². The van der Waals surface area contributed by atoms with Crippen molar-refractivity contribution in [3.8, 4) is 23.0 Å². The van der Waals surface area contributed by atoms with Gasteiger partial charge in [0.05, 0.1) is 34.1 Å². The fourth-order valence-electron chi connectivity index (χ4n) is 4.03. The van der Waals surface area contributed by atoms with E-state index in [1.54, 1.807) is 46.6 Å². The van der Waals surface area contributed by atoms with Crippen LogP contribution >= 0.6 is 11.3 Å². The van der Waals surface area contributed by atoms with Crippen LogP contribution in [0.2, 0.25) is 0 Å². The smallest absolute Gasteiger partial charge is 0.250 e. The van der Waals surface area contributed by atoms with Crippen LogP contribution in [0, 0.1) is 0 Å². The average Bonchev–Trinajstić information content (AvgIpc) is 3.32. The van der Waals surface area contributed by atoms with Gasteiger partial charge >= 0.3 is 0 Å². The second-order valence-electron chi connectivity index (χ2n) is 8.02. The molecule has 0 bridgehead atoms. The molecule has 0 spiro atoms. The molecule has 1 N–H and O–H groups in total. The van der Waals surface area contributed by atoms with E-state index in [9.17, 15) is 4.79 Å². The monoisotopic (exact) mass is 495 g/mol. The summed E-state index contributed by atoms with van der Waals surface area (Å²) < 4.78 is 21.4. The first-order chi connectivity index (χ1) is 17.0. The Labute approximate surface area is 209 Å². The molecular formula is C26H29N3O5S. The highest BCUT2D eigenvalue weighted by Crippen LogP contribution is 2.38. The molecular weight excluding hydrogens is 466 g/mol. The van der Waals surface area contributed by atoms with E-state index in [0.29, 0.717) is 22.4 Å². The van der Waals surface area contributed by atoms with Crippen LogP contribution in [0.1, 0.15) is 22.4 Å². The van der Waals surface area contributed by atoms with Crippen LogP contribution < -0.4 is 24.3 Å². The molecule has 0 unspecified atom stereocenters. The Bertz CT molecular complexity index is 1200. The second kappa shape index (κ2) is 11.2. The number of fused-ring (bicyclic) bond motifs is 1. The number of nitrogens with zero attached hydrogens (tertiary/aromatic N) is 2. The van der Waals surface area contributed by atoms with Crippen LogP contribution in [0.4, 0.5) is 5.13 Å². The van der Waals surface area contributed by atoms with Crippen LogP contribution in [-0.4, -0.2) is 50.8 Å². The highest BCUT2D eigenvalue weighted by molar-refractivity contribution is 7.13. The number of benzene rings is 2. The fourth-order valence-corrected chi connectivity index (χ4v) is 4.74. The van der Waals surface area contributed by atoms with Crippen LogP contribution in [0.25, 0.3) is 6.08 Å². The molecule has 0 fully saturated rings. The quantitative estimate of drug-likeness (QED) is 0.441. The number of amides is 1. The Morgan fingerprint density at radius 2 is 1.83 bits per heavy atom. The molecule has 1 aliphatic rings. The molecule has 1 amide bonds. The van der Waals surface area contributed by atoms with Gasteiger partial charge in [-0.3, -0.25) is 15.0 Å². The standard InChI is InChI=1S/C26H29N3O5S/c1-31-21-7-6-19-14-29(10-9-18(19)13-21)15-20-16-35-26(27-20)28-24(30)8-5-17-11-22(32-2)25(34-4)23(12-17)33-3/h5-8,11-13,16H,9-10,14-15H2,1-4H3,(H,27,28,30)/b8-5+. The van der Waals surface area contributed by atoms with E-state index in [0.717, 1.165) is 43.1 Å². The molecule has 0 saturated carbocycles. The number of carbonyl (C=O) groups is 1. The van der Waals surface area contributed by atoms with E-state index in [1.165, 1.54) is 28.5 Å². The molecule has 2 aromatic carbocycles. The second-order valence-corrected chi connectivity index (χ2v) is 8.88. The van der Waals surface area contributed by atoms with Crippen molar-refractivity contribution in [1.29, 1.82) is 0 Å². The number of methoxy groups -OCH3 is 4. The third-order valence-corrected chi connectivity index (χ3v) is 6.59. The number of anilines is 1. The van der Waals surface area contributed by atoms with Crippen molar-refractivity contribution in [1.82, 2.24) is 9.88 Å². The maximum atomic E-state index is 12.5. The van der Waals surface area contributed by atoms with Gasteiger partial charge in [-0.1, -0.05) is 6.07 Å². The minimum atomic E-state index is -0.263. The van der Waals surface area contributed by atoms with E-state index >= 15 is 0 Å². The predicted octanol–water partition coefficient (Wildman–Crippen LogP) is 4.39. The zero-order chi connectivity index (χ0) is 24.8. The average molecular weight is 496 g/mol. The zero-order valence-corrected chi connectivity index (χ0v) is 21.1. The highest BCUT2D eigenvalue weighted by atomic mass is 32.1. The molecule has 4 rings (SSSR count). The summed E-state index contributed by atoms with van der Waals surface area (Å²) in [5.74, 6) is 2.19. The summed E-state index contributed by atoms with van der Waals surface area (Å²) in [7, 11) is 6.35. The summed E-state index contributed by atoms with van der Waals surface area (Å²) >= 11 is 1.42. The molecule has 184 valence electrons. The Hall–Kier alpha value is -3.56. The van der Waals surface area contributed by atoms with Crippen LogP contribution in [0.5, 0.6) is 23.0 Å². The van der Waals surface area contributed by atoms with E-state index in [1.807, 2.05) is 11.4 Å². The van der Waals surface area contributed by atoms with Gasteiger partial charge in [-0.2, -0.15) is 0 Å². The number of carbonyl (C=O) groups excluding carboxylic acids is 1. The van der Waals surface area contributed by atoms with Crippen molar-refractivity contribution in [2.24, 2.45) is 0 Å². The number of hydrogen-bond acceptors (Lipinski definition) is 8. The van der Waals surface area contributed by atoms with Crippen molar-refractivity contribution >= 4 is 28.5 Å². The molecule has 0 aliphatic carbocycles. The molecule has 1 aliphatic heterocycles. The Kier molecular flexibility index (Phi) is 7.89. The van der Waals surface area contributed by atoms with Crippen LogP contribution in [0.3, 0.4) is 0 Å². The van der Waals surface area contributed by atoms with Crippen LogP contribution in [0.15, 0.2) is 41.8 Å². The van der Waals surface area contributed by atoms with Crippen LogP contribution in [-0.2, 0) is 24.3 Å². The largest absolute Gasteiger partial charge is 0.497 e. The molecule has 3 aromatic rings. The van der Waals surface area contributed by atoms with E-state index in [4.69, 9.17) is 18.9 Å². The number of aromatic nitrogens is 1. The van der Waals surface area contributed by atoms with Gasteiger partial charge in [-0.05, 0) is 53.5 Å². The third kappa shape index (κ3) is 5.93. The lowest BCUT2D eigenvalue weighted by atomic mass is 9.99. The Morgan fingerprint density at radius 3 is 2.51 bits per heavy atom. The highest BCUT2D eigenvalue weighted by Gasteiger charge is 2.18. The maximum Gasteiger partial charge on any atom is 0.250 e. The number of nitrogens with one attached hydrogen (secondary N) is 1. The van der Waals surface area contributed by atoms with Crippen molar-refractivity contribution in [3.63, 3.8) is 0 Å². The van der Waals surface area contributed by atoms with Gasteiger partial charge in [0.15, 0.2) is 16.6 Å². The molecule has 0 atom stereocenters. The normalized spacial score (nSPS) is 13.4. The summed E-state index contributed by atoms with van der Waals surface area (Å²) in [6, 6.07) is 9.81. The fraction of sp³-hybridized carbons (Fsp3) is 0.308. The molecule has 8 nitrogen and oxygen atoms in total. The van der Waals surface area contributed by atoms with Crippen molar-refractivity contribution in [3.05, 3.63) is 64.2 Å². The minimum Gasteiger partial charge on any atom is -0.497 e. The topological polar surface area (TPSA) is 82.2 Å². The van der Waals surface area contributed by atoms with E-state index in [-0.39, 0.29) is 5.91 Å². The van der Waals surface area contributed by atoms with Gasteiger partial charge in [-0.15, -0.1) is 11.3 Å². The first kappa shape index (κ1) is 24.6. The lowest BCUT2D eigenvalue weighted by Crippen LogP contribution is -2.30. The minimum absolute atomic E-state index is 0.263. The number of hydrogen-bond donors (Lipinski definition) is 1. The third-order valence-electron chi connectivity index (χ3n) is 5.79. The molecule has 2 heterocycles. The van der Waals surface area contributed by atoms with E-state index in [2.05, 4.69) is 27.3 Å². The predicted molar refractivity (Wildman–Crippen MR) is 137 cm³/mol. The Morgan fingerprint density at radius 1 is 1.06 bits per heavy atom. The lowest BCUT2D eigenvalue weighted by Gasteiger charge is -2.28. The first-order valence-corrected chi connectivity index (χ1v) is 12.0. The zero-order valence-electron chi connectivity index (χ0n) is 20.3. The lowest BCUT2D eigenvalue weighted by molar-refractivity contribution is -0.111. The molecule has 0 radical (unpaired) electrons. The summed E-state index contributed by atoms with van der Waals surface area (Å²) in [5, 5.41) is 5.40. The van der Waals surface area contributed by atoms with Crippen molar-refractivity contribution in [2.75, 3.05) is 40.3 Å². The summed E-state index contributed by atoms with van der Waals surface area (Å²) in [4.78, 5) is 19.4. The summed E-state index contributed by atoms with van der Waals surface area (Å²) in [5.41, 5.74) is 4.34. The molecule has 1 aromatic heterocycles. The first-order valence-electron chi connectivity index (χ1n) is 11.1. The summed E-state index contributed by atoms with van der Waals surface area (Å²) in [6.07, 6.45) is 4.12.